The van der Waals surface area contributed by atoms with Crippen LogP contribution in [0.25, 0.3) is 0 Å². The minimum atomic E-state index is -0.356. The van der Waals surface area contributed by atoms with Gasteiger partial charge in [-0.05, 0) is 44.0 Å². The number of carbonyl (C=O) groups is 2. The van der Waals surface area contributed by atoms with Gasteiger partial charge in [-0.2, -0.15) is 0 Å². The number of benzene rings is 1. The Bertz CT molecular complexity index is 810. The summed E-state index contributed by atoms with van der Waals surface area (Å²) < 4.78 is 6.59. The number of ether oxygens (including phenoxy) is 1. The number of carbonyl (C=O) groups excluding carboxylic acids is 2. The van der Waals surface area contributed by atoms with E-state index in [2.05, 4.69) is 20.9 Å². The highest BCUT2D eigenvalue weighted by Crippen LogP contribution is 2.25. The number of primary amides is 1. The lowest BCUT2D eigenvalue weighted by molar-refractivity contribution is -0.123. The van der Waals surface area contributed by atoms with Gasteiger partial charge in [-0.3, -0.25) is 9.59 Å². The Labute approximate surface area is 160 Å². The van der Waals surface area contributed by atoms with Crippen LogP contribution in [0.5, 0.6) is 11.6 Å². The molecule has 1 aromatic carbocycles. The lowest BCUT2D eigenvalue weighted by Crippen LogP contribution is -2.48. The smallest absolute Gasteiger partial charge is 0.255 e. The van der Waals surface area contributed by atoms with Crippen LogP contribution in [-0.2, 0) is 4.79 Å². The van der Waals surface area contributed by atoms with E-state index in [0.29, 0.717) is 23.7 Å². The summed E-state index contributed by atoms with van der Waals surface area (Å²) in [6.45, 7) is 2.33. The summed E-state index contributed by atoms with van der Waals surface area (Å²) in [4.78, 5) is 30.2. The normalized spacial score (nSPS) is 19.8. The van der Waals surface area contributed by atoms with Crippen molar-refractivity contribution in [3.63, 3.8) is 0 Å². The zero-order chi connectivity index (χ0) is 18.7. The number of hydrogen-bond donors (Lipinski definition) is 1. The second kappa shape index (κ2) is 7.86. The first kappa shape index (κ1) is 18.4. The Morgan fingerprint density at radius 2 is 2.08 bits per heavy atom. The van der Waals surface area contributed by atoms with Crippen molar-refractivity contribution in [1.29, 1.82) is 0 Å². The van der Waals surface area contributed by atoms with Crippen LogP contribution in [0.1, 0.15) is 30.1 Å². The van der Waals surface area contributed by atoms with Crippen molar-refractivity contribution in [3.8, 4) is 11.6 Å². The molecule has 26 heavy (non-hydrogen) atoms. The van der Waals surface area contributed by atoms with Crippen molar-refractivity contribution < 1.29 is 14.3 Å². The molecule has 1 saturated heterocycles. The molecule has 0 unspecified atom stereocenters. The predicted molar refractivity (Wildman–Crippen MR) is 101 cm³/mol. The fraction of sp³-hybridized carbons (Fsp3) is 0.316. The van der Waals surface area contributed by atoms with E-state index in [9.17, 15) is 9.59 Å². The molecule has 0 bridgehead atoms. The summed E-state index contributed by atoms with van der Waals surface area (Å²) >= 11 is 3.39. The minimum absolute atomic E-state index is 0.0655. The number of likely N-dealkylation sites (tertiary alicyclic amines) is 1. The fourth-order valence-electron chi connectivity index (χ4n) is 3.01. The van der Waals surface area contributed by atoms with Crippen molar-refractivity contribution in [2.75, 3.05) is 6.54 Å². The molecular formula is C19H20BrN3O3. The molecule has 0 radical (unpaired) electrons. The SMILES string of the molecule is C[C@@H]1CC[C@@H](C(N)=O)CN1C(=O)c1ccc(Oc2cccc(Br)c2)nc1. The van der Waals surface area contributed by atoms with Crippen LogP contribution in [0.4, 0.5) is 0 Å². The Hall–Kier alpha value is -2.41. The third-order valence-electron chi connectivity index (χ3n) is 4.55. The van der Waals surface area contributed by atoms with Crippen molar-refractivity contribution in [2.24, 2.45) is 11.7 Å². The van der Waals surface area contributed by atoms with Gasteiger partial charge < -0.3 is 15.4 Å². The summed E-state index contributed by atoms with van der Waals surface area (Å²) in [7, 11) is 0. The molecule has 0 spiro atoms. The van der Waals surface area contributed by atoms with E-state index in [0.717, 1.165) is 17.3 Å². The molecule has 2 aromatic rings. The van der Waals surface area contributed by atoms with E-state index in [1.165, 1.54) is 6.20 Å². The second-order valence-corrected chi connectivity index (χ2v) is 7.34. The van der Waals surface area contributed by atoms with Gasteiger partial charge >= 0.3 is 0 Å². The van der Waals surface area contributed by atoms with Crippen LogP contribution >= 0.6 is 15.9 Å². The molecule has 1 fully saturated rings. The molecule has 2 heterocycles. The molecule has 1 aromatic heterocycles. The average Bonchev–Trinajstić information content (AvgIpc) is 2.62. The van der Waals surface area contributed by atoms with Crippen LogP contribution in [0.3, 0.4) is 0 Å². The second-order valence-electron chi connectivity index (χ2n) is 6.43. The minimum Gasteiger partial charge on any atom is -0.439 e. The van der Waals surface area contributed by atoms with Gasteiger partial charge in [0.2, 0.25) is 11.8 Å². The van der Waals surface area contributed by atoms with Crippen molar-refractivity contribution >= 4 is 27.7 Å². The molecule has 6 nitrogen and oxygen atoms in total. The third kappa shape index (κ3) is 4.22. The quantitative estimate of drug-likeness (QED) is 0.825. The molecule has 2 amide bonds. The van der Waals surface area contributed by atoms with E-state index < -0.39 is 0 Å². The van der Waals surface area contributed by atoms with Crippen LogP contribution in [0, 0.1) is 5.92 Å². The molecule has 0 saturated carbocycles. The van der Waals surface area contributed by atoms with Crippen LogP contribution in [0.15, 0.2) is 47.1 Å². The maximum atomic E-state index is 12.8. The summed E-state index contributed by atoms with van der Waals surface area (Å²) in [6, 6.07) is 10.8. The number of hydrogen-bond acceptors (Lipinski definition) is 4. The number of rotatable bonds is 4. The van der Waals surface area contributed by atoms with Gasteiger partial charge in [0, 0.05) is 29.3 Å². The van der Waals surface area contributed by atoms with Gasteiger partial charge in [0.05, 0.1) is 11.5 Å². The summed E-state index contributed by atoms with van der Waals surface area (Å²) in [5.74, 6) is 0.263. The number of pyridine rings is 1. The Kier molecular flexibility index (Phi) is 5.56. The molecule has 1 aliphatic heterocycles. The first-order chi connectivity index (χ1) is 12.4. The summed E-state index contributed by atoms with van der Waals surface area (Å²) in [5.41, 5.74) is 5.87. The number of amides is 2. The van der Waals surface area contributed by atoms with Crippen LogP contribution < -0.4 is 10.5 Å². The molecule has 2 atom stereocenters. The number of nitrogens with two attached hydrogens (primary N) is 1. The summed E-state index contributed by atoms with van der Waals surface area (Å²) in [5, 5.41) is 0. The monoisotopic (exact) mass is 417 g/mol. The predicted octanol–water partition coefficient (Wildman–Crippen LogP) is 3.36. The van der Waals surface area contributed by atoms with Gasteiger partial charge in [-0.15, -0.1) is 0 Å². The van der Waals surface area contributed by atoms with E-state index in [-0.39, 0.29) is 23.8 Å². The first-order valence-electron chi connectivity index (χ1n) is 8.44. The zero-order valence-corrected chi connectivity index (χ0v) is 16.0. The largest absolute Gasteiger partial charge is 0.439 e. The van der Waals surface area contributed by atoms with Crippen molar-refractivity contribution in [2.45, 2.75) is 25.8 Å². The lowest BCUT2D eigenvalue weighted by atomic mass is 9.92. The topological polar surface area (TPSA) is 85.5 Å². The van der Waals surface area contributed by atoms with Gasteiger partial charge in [-0.25, -0.2) is 4.98 Å². The number of halogens is 1. The molecule has 3 rings (SSSR count). The fourth-order valence-corrected chi connectivity index (χ4v) is 3.38. The third-order valence-corrected chi connectivity index (χ3v) is 5.04. The number of aromatic nitrogens is 1. The highest BCUT2D eigenvalue weighted by molar-refractivity contribution is 9.10. The maximum Gasteiger partial charge on any atom is 0.255 e. The van der Waals surface area contributed by atoms with E-state index in [4.69, 9.17) is 10.5 Å². The standard InChI is InChI=1S/C19H20BrN3O3/c1-12-5-6-14(18(21)24)11-23(12)19(25)13-7-8-17(22-10-13)26-16-4-2-3-15(20)9-16/h2-4,7-10,12,14H,5-6,11H2,1H3,(H2,21,24)/t12-,14-/m1/s1. The summed E-state index contributed by atoms with van der Waals surface area (Å²) in [6.07, 6.45) is 2.98. The molecule has 7 heteroatoms. The van der Waals surface area contributed by atoms with Gasteiger partial charge in [0.15, 0.2) is 0 Å². The van der Waals surface area contributed by atoms with Crippen molar-refractivity contribution in [3.05, 3.63) is 52.6 Å². The van der Waals surface area contributed by atoms with Crippen LogP contribution in [-0.4, -0.2) is 34.3 Å². The van der Waals surface area contributed by atoms with E-state index in [1.54, 1.807) is 17.0 Å². The van der Waals surface area contributed by atoms with Gasteiger partial charge in [0.1, 0.15) is 5.75 Å². The maximum absolute atomic E-state index is 12.8. The van der Waals surface area contributed by atoms with E-state index >= 15 is 0 Å². The lowest BCUT2D eigenvalue weighted by Gasteiger charge is -2.36. The van der Waals surface area contributed by atoms with Gasteiger partial charge in [0.25, 0.3) is 5.91 Å². The Morgan fingerprint density at radius 1 is 1.27 bits per heavy atom. The Morgan fingerprint density at radius 3 is 2.73 bits per heavy atom. The van der Waals surface area contributed by atoms with Crippen LogP contribution in [0.2, 0.25) is 0 Å². The van der Waals surface area contributed by atoms with E-state index in [1.807, 2.05) is 31.2 Å². The molecule has 1 aliphatic rings. The zero-order valence-electron chi connectivity index (χ0n) is 14.4. The van der Waals surface area contributed by atoms with Crippen molar-refractivity contribution in [1.82, 2.24) is 9.88 Å². The molecule has 2 N–H and O–H groups in total. The Balaban J connectivity index is 1.71. The highest BCUT2D eigenvalue weighted by Gasteiger charge is 2.32. The number of nitrogens with zero attached hydrogens (tertiary/aromatic N) is 2. The highest BCUT2D eigenvalue weighted by atomic mass is 79.9. The van der Waals surface area contributed by atoms with Gasteiger partial charge in [-0.1, -0.05) is 22.0 Å². The first-order valence-corrected chi connectivity index (χ1v) is 9.23. The molecular weight excluding hydrogens is 398 g/mol. The molecule has 0 aliphatic carbocycles. The number of piperidine rings is 1. The average molecular weight is 418 g/mol. The molecule has 136 valence electrons.